The zero-order valence-electron chi connectivity index (χ0n) is 10.3. The molecule has 0 rings (SSSR count). The van der Waals surface area contributed by atoms with Crippen molar-refractivity contribution in [1.29, 1.82) is 0 Å². The molecule has 0 spiro atoms. The third-order valence-corrected chi connectivity index (χ3v) is 2.18. The van der Waals surface area contributed by atoms with Gasteiger partial charge < -0.3 is 10.1 Å². The van der Waals surface area contributed by atoms with Gasteiger partial charge in [-0.25, -0.2) is 0 Å². The molecular weight excluding hydrogens is 221 g/mol. The molecule has 17 heavy (non-hydrogen) atoms. The lowest BCUT2D eigenvalue weighted by molar-refractivity contribution is -0.151. The predicted molar refractivity (Wildman–Crippen MR) is 63.8 cm³/mol. The van der Waals surface area contributed by atoms with Crippen molar-refractivity contribution in [2.45, 2.75) is 33.1 Å². The summed E-state index contributed by atoms with van der Waals surface area (Å²) in [5.41, 5.74) is 0. The van der Waals surface area contributed by atoms with E-state index in [0.29, 0.717) is 13.0 Å². The fourth-order valence-electron chi connectivity index (χ4n) is 1.22. The van der Waals surface area contributed by atoms with Gasteiger partial charge in [0.1, 0.15) is 6.61 Å². The number of carbonyl (C=O) groups excluding carboxylic acids is 3. The lowest BCUT2D eigenvalue weighted by Crippen LogP contribution is -2.23. The van der Waals surface area contributed by atoms with Gasteiger partial charge in [-0.05, 0) is 19.8 Å². The van der Waals surface area contributed by atoms with Gasteiger partial charge in [-0.15, -0.1) is 0 Å². The number of ketones is 1. The zero-order chi connectivity index (χ0) is 13.3. The first-order valence-electron chi connectivity index (χ1n) is 5.63. The van der Waals surface area contributed by atoms with Gasteiger partial charge in [0.25, 0.3) is 0 Å². The second-order valence-corrected chi connectivity index (χ2v) is 4.00. The topological polar surface area (TPSA) is 72.5 Å². The Morgan fingerprint density at radius 3 is 2.47 bits per heavy atom. The van der Waals surface area contributed by atoms with Crippen molar-refractivity contribution >= 4 is 25.4 Å². The summed E-state index contributed by atoms with van der Waals surface area (Å²) in [6.07, 6.45) is 2.21. The highest BCUT2D eigenvalue weighted by Gasteiger charge is 2.14. The van der Waals surface area contributed by atoms with Crippen LogP contribution >= 0.6 is 0 Å². The van der Waals surface area contributed by atoms with Crippen LogP contribution in [-0.2, 0) is 14.3 Å². The van der Waals surface area contributed by atoms with Crippen LogP contribution in [-0.4, -0.2) is 38.6 Å². The van der Waals surface area contributed by atoms with E-state index in [1.165, 1.54) is 6.92 Å². The third kappa shape index (κ3) is 9.60. The molecule has 0 heterocycles. The summed E-state index contributed by atoms with van der Waals surface area (Å²) in [5.74, 6) is -1.30. The minimum absolute atomic E-state index is 0.160. The number of carbonyl (C=O) groups is 3. The Hall–Kier alpha value is -1.33. The van der Waals surface area contributed by atoms with Gasteiger partial charge in [-0.3, -0.25) is 14.4 Å². The minimum Gasteiger partial charge on any atom is -0.457 e. The standard InChI is InChI=1S/C11H18BNO4/c1-8(10(15)17-7-9(2)14)5-3-4-6-13-11(12)16/h8H,3-7H2,1-2H3,(H,13,16)/t8-/m0/s1. The first-order valence-corrected chi connectivity index (χ1v) is 5.63. The third-order valence-electron chi connectivity index (χ3n) is 2.18. The first-order chi connectivity index (χ1) is 7.93. The van der Waals surface area contributed by atoms with Crippen molar-refractivity contribution in [3.8, 4) is 0 Å². The maximum absolute atomic E-state index is 11.4. The summed E-state index contributed by atoms with van der Waals surface area (Å²) < 4.78 is 4.78. The Labute approximate surface area is 103 Å². The van der Waals surface area contributed by atoms with Gasteiger partial charge in [-0.2, -0.15) is 0 Å². The average Bonchev–Trinajstić information content (AvgIpc) is 2.24. The second kappa shape index (κ2) is 8.78. The Morgan fingerprint density at radius 1 is 1.29 bits per heavy atom. The molecule has 2 radical (unpaired) electrons. The fourth-order valence-corrected chi connectivity index (χ4v) is 1.22. The summed E-state index contributed by atoms with van der Waals surface area (Å²) in [6, 6.07) is 0. The van der Waals surface area contributed by atoms with E-state index in [1.807, 2.05) is 0 Å². The Balaban J connectivity index is 3.57. The molecule has 1 N–H and O–H groups in total. The number of ether oxygens (including phenoxy) is 1. The SMILES string of the molecule is [B]C(=O)NCCCC[C@H](C)C(=O)OCC(C)=O. The lowest BCUT2D eigenvalue weighted by atomic mass is 10.0. The molecule has 0 aliphatic carbocycles. The lowest BCUT2D eigenvalue weighted by Gasteiger charge is -2.10. The maximum atomic E-state index is 11.4. The largest absolute Gasteiger partial charge is 0.457 e. The molecule has 0 unspecified atom stereocenters. The number of rotatable bonds is 8. The van der Waals surface area contributed by atoms with Gasteiger partial charge in [-0.1, -0.05) is 13.3 Å². The molecule has 94 valence electrons. The highest BCUT2D eigenvalue weighted by Crippen LogP contribution is 2.09. The highest BCUT2D eigenvalue weighted by atomic mass is 16.5. The van der Waals surface area contributed by atoms with E-state index in [4.69, 9.17) is 12.6 Å². The van der Waals surface area contributed by atoms with Crippen molar-refractivity contribution in [1.82, 2.24) is 5.32 Å². The zero-order valence-corrected chi connectivity index (χ0v) is 10.3. The second-order valence-electron chi connectivity index (χ2n) is 4.00. The molecule has 0 aliphatic rings. The van der Waals surface area contributed by atoms with Crippen molar-refractivity contribution in [2.24, 2.45) is 5.92 Å². The number of hydrogen-bond donors (Lipinski definition) is 1. The van der Waals surface area contributed by atoms with Crippen LogP contribution in [0.5, 0.6) is 0 Å². The van der Waals surface area contributed by atoms with Crippen LogP contribution in [0, 0.1) is 5.92 Å². The smallest absolute Gasteiger partial charge is 0.309 e. The normalized spacial score (nSPS) is 11.6. The van der Waals surface area contributed by atoms with Crippen LogP contribution in [0.2, 0.25) is 0 Å². The number of Topliss-reactive ketones (excluding diaryl/α,β-unsaturated/α-hetero) is 1. The molecule has 1 amide bonds. The van der Waals surface area contributed by atoms with E-state index in [-0.39, 0.29) is 24.3 Å². The van der Waals surface area contributed by atoms with E-state index in [2.05, 4.69) is 5.32 Å². The molecule has 0 aromatic rings. The van der Waals surface area contributed by atoms with Crippen molar-refractivity contribution in [3.63, 3.8) is 0 Å². The van der Waals surface area contributed by atoms with E-state index in [9.17, 15) is 14.4 Å². The van der Waals surface area contributed by atoms with E-state index in [1.54, 1.807) is 6.92 Å². The Bertz CT molecular complexity index is 281. The molecule has 0 saturated carbocycles. The van der Waals surface area contributed by atoms with E-state index < -0.39 is 5.81 Å². The number of amides is 1. The minimum atomic E-state index is -0.543. The van der Waals surface area contributed by atoms with Gasteiger partial charge in [0.2, 0.25) is 0 Å². The van der Waals surface area contributed by atoms with Crippen LogP contribution < -0.4 is 5.32 Å². The molecule has 0 aromatic heterocycles. The first kappa shape index (κ1) is 15.7. The van der Waals surface area contributed by atoms with Gasteiger partial charge in [0.05, 0.1) is 5.92 Å². The molecule has 0 aliphatic heterocycles. The maximum Gasteiger partial charge on any atom is 0.309 e. The number of nitrogens with one attached hydrogen (secondary N) is 1. The van der Waals surface area contributed by atoms with Crippen molar-refractivity contribution < 1.29 is 19.1 Å². The van der Waals surface area contributed by atoms with Crippen LogP contribution in [0.15, 0.2) is 0 Å². The summed E-state index contributed by atoms with van der Waals surface area (Å²) in [5, 5.41) is 2.47. The number of esters is 1. The Kier molecular flexibility index (Phi) is 8.10. The summed E-state index contributed by atoms with van der Waals surface area (Å²) in [4.78, 5) is 32.3. The summed E-state index contributed by atoms with van der Waals surface area (Å²) in [6.45, 7) is 3.47. The molecule has 1 atom stereocenters. The monoisotopic (exact) mass is 239 g/mol. The molecule has 0 saturated heterocycles. The molecule has 6 heteroatoms. The van der Waals surface area contributed by atoms with Crippen molar-refractivity contribution in [3.05, 3.63) is 0 Å². The van der Waals surface area contributed by atoms with E-state index >= 15 is 0 Å². The molecule has 0 bridgehead atoms. The highest BCUT2D eigenvalue weighted by molar-refractivity contribution is 6.57. The summed E-state index contributed by atoms with van der Waals surface area (Å²) in [7, 11) is 4.89. The summed E-state index contributed by atoms with van der Waals surface area (Å²) >= 11 is 0. The number of unbranched alkanes of at least 4 members (excludes halogenated alkanes) is 1. The average molecular weight is 239 g/mol. The predicted octanol–water partition coefficient (Wildman–Crippen LogP) is 0.803. The van der Waals surface area contributed by atoms with Gasteiger partial charge in [0, 0.05) is 6.54 Å². The number of hydrogen-bond acceptors (Lipinski definition) is 4. The molecule has 0 aromatic carbocycles. The van der Waals surface area contributed by atoms with Crippen LogP contribution in [0.4, 0.5) is 4.79 Å². The van der Waals surface area contributed by atoms with E-state index in [0.717, 1.165) is 12.8 Å². The molecular formula is C11H18BNO4. The van der Waals surface area contributed by atoms with Crippen LogP contribution in [0.1, 0.15) is 33.1 Å². The van der Waals surface area contributed by atoms with Crippen LogP contribution in [0.25, 0.3) is 0 Å². The van der Waals surface area contributed by atoms with Gasteiger partial charge in [0.15, 0.2) is 19.4 Å². The van der Waals surface area contributed by atoms with Crippen molar-refractivity contribution in [2.75, 3.05) is 13.2 Å². The van der Waals surface area contributed by atoms with Crippen LogP contribution in [0.3, 0.4) is 0 Å². The van der Waals surface area contributed by atoms with Gasteiger partial charge >= 0.3 is 5.97 Å². The molecule has 0 fully saturated rings. The Morgan fingerprint density at radius 2 is 1.94 bits per heavy atom. The quantitative estimate of drug-likeness (QED) is 0.386. The fraction of sp³-hybridized carbons (Fsp3) is 0.727. The molecule has 5 nitrogen and oxygen atoms in total.